The van der Waals surface area contributed by atoms with E-state index >= 15 is 0 Å². The number of hydrogen-bond donors (Lipinski definition) is 2. The lowest BCUT2D eigenvalue weighted by atomic mass is 10.1. The number of aryl methyl sites for hydroxylation is 1. The lowest BCUT2D eigenvalue weighted by molar-refractivity contribution is 0.0919. The molecule has 2 rings (SSSR count). The summed E-state index contributed by atoms with van der Waals surface area (Å²) in [6.07, 6.45) is -0.656. The van der Waals surface area contributed by atoms with Crippen LogP contribution in [0.3, 0.4) is 0 Å². The molecule has 1 aromatic heterocycles. The Morgan fingerprint density at radius 2 is 2.00 bits per heavy atom. The molecule has 0 spiro atoms. The van der Waals surface area contributed by atoms with Crippen molar-refractivity contribution in [1.29, 1.82) is 0 Å². The molecule has 0 aliphatic rings. The van der Waals surface area contributed by atoms with Crippen molar-refractivity contribution in [1.82, 2.24) is 15.5 Å². The number of aromatic nitrogens is 2. The van der Waals surface area contributed by atoms with Gasteiger partial charge in [-0.3, -0.25) is 0 Å². The van der Waals surface area contributed by atoms with Crippen molar-refractivity contribution in [3.8, 4) is 11.6 Å². The van der Waals surface area contributed by atoms with Crippen molar-refractivity contribution in [2.45, 2.75) is 32.4 Å². The summed E-state index contributed by atoms with van der Waals surface area (Å²) in [5.74, 6) is 1.12. The van der Waals surface area contributed by atoms with Gasteiger partial charge in [-0.05, 0) is 54.4 Å². The van der Waals surface area contributed by atoms with Crippen LogP contribution in [0.2, 0.25) is 5.15 Å². The van der Waals surface area contributed by atoms with Gasteiger partial charge in [0.25, 0.3) is 0 Å². The molecule has 1 atom stereocenters. The number of aliphatic hydroxyl groups is 1. The maximum Gasteiger partial charge on any atom is 0.233 e. The van der Waals surface area contributed by atoms with Crippen LogP contribution in [0, 0.1) is 6.92 Å². The van der Waals surface area contributed by atoms with E-state index in [0.29, 0.717) is 29.9 Å². The van der Waals surface area contributed by atoms with Gasteiger partial charge in [-0.15, -0.1) is 10.2 Å². The average Bonchev–Trinajstić information content (AvgIpc) is 2.61. The minimum atomic E-state index is -0.656. The van der Waals surface area contributed by atoms with Gasteiger partial charge in [0, 0.05) is 18.2 Å². The second kappa shape index (κ2) is 9.50. The van der Waals surface area contributed by atoms with Crippen LogP contribution >= 0.6 is 27.5 Å². The van der Waals surface area contributed by atoms with Crippen LogP contribution in [0.5, 0.6) is 11.6 Å². The maximum absolute atomic E-state index is 10.2. The number of β-amino-alcohol motifs (C(OH)–C–C–N with tert-alkyl or cyclic N) is 1. The van der Waals surface area contributed by atoms with Crippen molar-refractivity contribution in [2.24, 2.45) is 0 Å². The molecule has 8 heteroatoms. The number of hydrogen-bond acceptors (Lipinski definition) is 6. The molecular weight excluding hydrogens is 422 g/mol. The van der Waals surface area contributed by atoms with E-state index in [4.69, 9.17) is 21.1 Å². The minimum absolute atomic E-state index is 0.189. The molecule has 1 aromatic carbocycles. The van der Waals surface area contributed by atoms with Gasteiger partial charge < -0.3 is 19.9 Å². The van der Waals surface area contributed by atoms with Crippen LogP contribution in [0.1, 0.15) is 19.4 Å². The third kappa shape index (κ3) is 6.72. The van der Waals surface area contributed by atoms with E-state index in [9.17, 15) is 5.11 Å². The minimum Gasteiger partial charge on any atom is -0.490 e. The Labute approximate surface area is 167 Å². The highest BCUT2D eigenvalue weighted by Crippen LogP contribution is 2.27. The Bertz CT molecular complexity index is 713. The van der Waals surface area contributed by atoms with Gasteiger partial charge in [0.15, 0.2) is 5.15 Å². The first-order valence-electron chi connectivity index (χ1n) is 8.20. The molecule has 0 saturated heterocycles. The van der Waals surface area contributed by atoms with Crippen LogP contribution in [-0.4, -0.2) is 46.7 Å². The highest BCUT2D eigenvalue weighted by Gasteiger charge is 2.20. The third-order valence-corrected chi connectivity index (χ3v) is 4.81. The van der Waals surface area contributed by atoms with E-state index in [-0.39, 0.29) is 12.1 Å². The number of rotatable bonds is 9. The second-order valence-corrected chi connectivity index (χ2v) is 7.78. The molecule has 2 N–H and O–H groups in total. The number of ether oxygens (including phenoxy) is 2. The van der Waals surface area contributed by atoms with Crippen molar-refractivity contribution in [3.05, 3.63) is 45.5 Å². The largest absolute Gasteiger partial charge is 0.490 e. The summed E-state index contributed by atoms with van der Waals surface area (Å²) < 4.78 is 12.2. The Morgan fingerprint density at radius 3 is 2.69 bits per heavy atom. The summed E-state index contributed by atoms with van der Waals surface area (Å²) in [7, 11) is 0. The molecule has 6 nitrogen and oxygen atoms in total. The molecule has 0 aliphatic heterocycles. The zero-order valence-electron chi connectivity index (χ0n) is 15.0. The van der Waals surface area contributed by atoms with E-state index in [1.807, 2.05) is 39.0 Å². The molecular formula is C18H23BrClN3O3. The maximum atomic E-state index is 10.2. The third-order valence-electron chi connectivity index (χ3n) is 3.59. The number of nitrogens with zero attached hydrogens (tertiary/aromatic N) is 2. The Balaban J connectivity index is 1.75. The Hall–Kier alpha value is -1.41. The van der Waals surface area contributed by atoms with Crippen molar-refractivity contribution < 1.29 is 14.6 Å². The van der Waals surface area contributed by atoms with E-state index in [2.05, 4.69) is 31.4 Å². The van der Waals surface area contributed by atoms with Crippen molar-refractivity contribution >= 4 is 27.5 Å². The van der Waals surface area contributed by atoms with Gasteiger partial charge in [0.1, 0.15) is 25.1 Å². The fourth-order valence-electron chi connectivity index (χ4n) is 2.06. The van der Waals surface area contributed by atoms with Crippen LogP contribution in [-0.2, 0) is 0 Å². The van der Waals surface area contributed by atoms with Crippen LogP contribution in [0.4, 0.5) is 0 Å². The molecule has 0 aliphatic carbocycles. The molecule has 0 bridgehead atoms. The first kappa shape index (κ1) is 20.9. The SMILES string of the molecule is Cc1cccc(OCC(O)CNC(C)(C)COc2ccc(Cl)nn2)c1Br. The fraction of sp³-hybridized carbons (Fsp3) is 0.444. The number of benzene rings is 1. The number of nitrogens with one attached hydrogen (secondary N) is 1. The van der Waals surface area contributed by atoms with E-state index in [1.165, 1.54) is 0 Å². The predicted octanol–water partition coefficient (Wildman–Crippen LogP) is 3.39. The average molecular weight is 445 g/mol. The summed E-state index contributed by atoms with van der Waals surface area (Å²) >= 11 is 9.18. The summed E-state index contributed by atoms with van der Waals surface area (Å²) in [6.45, 7) is 6.85. The monoisotopic (exact) mass is 443 g/mol. The highest BCUT2D eigenvalue weighted by molar-refractivity contribution is 9.10. The first-order valence-corrected chi connectivity index (χ1v) is 9.37. The first-order chi connectivity index (χ1) is 12.3. The molecule has 0 amide bonds. The van der Waals surface area contributed by atoms with Gasteiger partial charge in [0.05, 0.1) is 4.47 Å². The van der Waals surface area contributed by atoms with E-state index in [1.54, 1.807) is 12.1 Å². The summed E-state index contributed by atoms with van der Waals surface area (Å²) in [6, 6.07) is 9.05. The van der Waals surface area contributed by atoms with Crippen molar-refractivity contribution in [3.63, 3.8) is 0 Å². The molecule has 2 aromatic rings. The molecule has 26 heavy (non-hydrogen) atoms. The Morgan fingerprint density at radius 1 is 1.23 bits per heavy atom. The predicted molar refractivity (Wildman–Crippen MR) is 105 cm³/mol. The second-order valence-electron chi connectivity index (χ2n) is 6.60. The topological polar surface area (TPSA) is 76.5 Å². The normalized spacial score (nSPS) is 12.7. The summed E-state index contributed by atoms with van der Waals surface area (Å²) in [4.78, 5) is 0. The van der Waals surface area contributed by atoms with Gasteiger partial charge >= 0.3 is 0 Å². The van der Waals surface area contributed by atoms with Gasteiger partial charge in [-0.25, -0.2) is 0 Å². The zero-order valence-corrected chi connectivity index (χ0v) is 17.3. The summed E-state index contributed by atoms with van der Waals surface area (Å²) in [5, 5.41) is 21.3. The summed E-state index contributed by atoms with van der Waals surface area (Å²) in [5.41, 5.74) is 0.713. The Kier molecular flexibility index (Phi) is 7.64. The molecule has 1 heterocycles. The number of aliphatic hydroxyl groups excluding tert-OH is 1. The fourth-order valence-corrected chi connectivity index (χ4v) is 2.54. The molecule has 0 radical (unpaired) electrons. The van der Waals surface area contributed by atoms with Crippen LogP contribution in [0.25, 0.3) is 0 Å². The highest BCUT2D eigenvalue weighted by atomic mass is 79.9. The molecule has 0 fully saturated rings. The number of halogens is 2. The zero-order chi connectivity index (χ0) is 19.2. The van der Waals surface area contributed by atoms with E-state index in [0.717, 1.165) is 10.0 Å². The van der Waals surface area contributed by atoms with Crippen molar-refractivity contribution in [2.75, 3.05) is 19.8 Å². The van der Waals surface area contributed by atoms with Gasteiger partial charge in [0.2, 0.25) is 5.88 Å². The smallest absolute Gasteiger partial charge is 0.233 e. The molecule has 1 unspecified atom stereocenters. The van der Waals surface area contributed by atoms with Gasteiger partial charge in [-0.1, -0.05) is 23.7 Å². The molecule has 0 saturated carbocycles. The van der Waals surface area contributed by atoms with Crippen LogP contribution < -0.4 is 14.8 Å². The van der Waals surface area contributed by atoms with Crippen LogP contribution in [0.15, 0.2) is 34.8 Å². The van der Waals surface area contributed by atoms with E-state index < -0.39 is 6.10 Å². The molecule has 142 valence electrons. The van der Waals surface area contributed by atoms with Gasteiger partial charge in [-0.2, -0.15) is 0 Å². The quantitative estimate of drug-likeness (QED) is 0.617. The lowest BCUT2D eigenvalue weighted by Crippen LogP contribution is -2.48. The standard InChI is InChI=1S/C18H23BrClN3O3/c1-12-5-4-6-14(17(12)19)25-10-13(24)9-21-18(2,3)11-26-16-8-7-15(20)22-23-16/h4-8,13,21,24H,9-11H2,1-3H3. The lowest BCUT2D eigenvalue weighted by Gasteiger charge is -2.27.